The number of aromatic nitrogens is 2. The number of aromatic amines is 1. The Kier molecular flexibility index (Phi) is 9.91. The molecule has 1 atom stereocenters. The number of nitrogen functional groups attached to an aromatic ring is 1. The third-order valence-electron chi connectivity index (χ3n) is 10.1. The molecule has 0 aliphatic carbocycles. The second-order valence-corrected chi connectivity index (χ2v) is 13.4. The van der Waals surface area contributed by atoms with Gasteiger partial charge in [0.2, 0.25) is 0 Å². The summed E-state index contributed by atoms with van der Waals surface area (Å²) in [5, 5.41) is 0.438. The van der Waals surface area contributed by atoms with Crippen LogP contribution in [0.15, 0.2) is 41.2 Å². The number of benzene rings is 2. The summed E-state index contributed by atoms with van der Waals surface area (Å²) in [5.41, 5.74) is 9.96. The molecule has 3 aliphatic heterocycles. The smallest absolute Gasteiger partial charge is 0.410 e. The van der Waals surface area contributed by atoms with E-state index in [0.717, 1.165) is 61.2 Å². The van der Waals surface area contributed by atoms with Gasteiger partial charge in [-0.05, 0) is 81.6 Å². The highest BCUT2D eigenvalue weighted by atomic mass is 35.5. The maximum Gasteiger partial charge on any atom is 0.410 e. The molecule has 0 spiro atoms. The average molecular weight is 652 g/mol. The fraction of sp³-hybridized carbons (Fsp3) is 0.559. The van der Waals surface area contributed by atoms with Crippen LogP contribution in [0.3, 0.4) is 0 Å². The van der Waals surface area contributed by atoms with Crippen molar-refractivity contribution in [1.29, 1.82) is 0 Å². The Balaban J connectivity index is 1.13. The number of halogens is 1. The van der Waals surface area contributed by atoms with Gasteiger partial charge in [-0.15, -0.1) is 0 Å². The molecule has 1 aromatic heterocycles. The first-order chi connectivity index (χ1) is 22.2. The van der Waals surface area contributed by atoms with E-state index in [-0.39, 0.29) is 24.1 Å². The van der Waals surface area contributed by atoms with Crippen molar-refractivity contribution >= 4 is 40.3 Å². The number of nitrogens with zero attached hydrogens (tertiary/aromatic N) is 5. The average Bonchev–Trinajstić information content (AvgIpc) is 3.41. The lowest BCUT2D eigenvalue weighted by Crippen LogP contribution is -2.56. The van der Waals surface area contributed by atoms with Crippen molar-refractivity contribution in [2.75, 3.05) is 65.1 Å². The second-order valence-electron chi connectivity index (χ2n) is 13.0. The number of anilines is 1. The molecule has 3 N–H and O–H groups in total. The van der Waals surface area contributed by atoms with E-state index in [1.165, 1.54) is 0 Å². The van der Waals surface area contributed by atoms with E-state index in [1.54, 1.807) is 15.5 Å². The fourth-order valence-electron chi connectivity index (χ4n) is 7.35. The molecule has 3 aromatic rings. The van der Waals surface area contributed by atoms with Crippen molar-refractivity contribution in [2.24, 2.45) is 0 Å². The van der Waals surface area contributed by atoms with E-state index in [1.807, 2.05) is 42.2 Å². The van der Waals surface area contributed by atoms with Crippen LogP contribution in [0.5, 0.6) is 0 Å². The van der Waals surface area contributed by atoms with Gasteiger partial charge in [0.15, 0.2) is 6.10 Å². The van der Waals surface area contributed by atoms with Gasteiger partial charge in [-0.1, -0.05) is 36.7 Å². The van der Waals surface area contributed by atoms with E-state index in [9.17, 15) is 14.4 Å². The van der Waals surface area contributed by atoms with Gasteiger partial charge < -0.3 is 30.2 Å². The number of para-hydroxylation sites is 2. The fourth-order valence-corrected chi connectivity index (χ4v) is 7.61. The van der Waals surface area contributed by atoms with Gasteiger partial charge in [-0.2, -0.15) is 0 Å². The summed E-state index contributed by atoms with van der Waals surface area (Å²) in [5.74, 6) is -0.178. The number of ether oxygens (including phenoxy) is 1. The highest BCUT2D eigenvalue weighted by molar-refractivity contribution is 6.33. The van der Waals surface area contributed by atoms with Crippen LogP contribution in [-0.4, -0.2) is 113 Å². The van der Waals surface area contributed by atoms with Crippen LogP contribution in [0.2, 0.25) is 5.02 Å². The predicted molar refractivity (Wildman–Crippen MR) is 180 cm³/mol. The molecular weight excluding hydrogens is 606 g/mol. The van der Waals surface area contributed by atoms with E-state index < -0.39 is 12.2 Å². The largest absolute Gasteiger partial charge is 0.436 e. The first-order valence-corrected chi connectivity index (χ1v) is 17.0. The predicted octanol–water partition coefficient (Wildman–Crippen LogP) is 3.75. The number of piperazine rings is 1. The molecule has 0 saturated carbocycles. The Morgan fingerprint density at radius 3 is 2.33 bits per heavy atom. The molecule has 6 rings (SSSR count). The van der Waals surface area contributed by atoms with Crippen molar-refractivity contribution < 1.29 is 14.3 Å². The molecule has 3 fully saturated rings. The van der Waals surface area contributed by atoms with Crippen molar-refractivity contribution in [1.82, 2.24) is 29.2 Å². The molecule has 2 aromatic carbocycles. The monoisotopic (exact) mass is 651 g/mol. The summed E-state index contributed by atoms with van der Waals surface area (Å²) in [6.45, 7) is 7.90. The number of imidazole rings is 1. The number of amides is 2. The lowest BCUT2D eigenvalue weighted by molar-refractivity contribution is -0.143. The first-order valence-electron chi connectivity index (χ1n) is 16.6. The second kappa shape index (κ2) is 14.1. The summed E-state index contributed by atoms with van der Waals surface area (Å²) in [7, 11) is 2.17. The number of likely N-dealkylation sites (tertiary alicyclic amines) is 2. The van der Waals surface area contributed by atoms with Crippen molar-refractivity contribution in [2.45, 2.75) is 63.6 Å². The van der Waals surface area contributed by atoms with Crippen LogP contribution in [0.4, 0.5) is 10.5 Å². The maximum atomic E-state index is 14.0. The SMILES string of the molecule is CCc1cc(C[C@@H](OC(=O)N2CCC(n3c(=O)[nH]c4ccccc43)CC2)C(=O)N2CCN(C3CCN(C)CC3)CC2)cc(Cl)c1N. The molecule has 2 amide bonds. The van der Waals surface area contributed by atoms with Crippen LogP contribution >= 0.6 is 11.6 Å². The molecule has 248 valence electrons. The number of aryl methyl sites for hydroxylation is 1. The molecule has 11 nitrogen and oxygen atoms in total. The number of hydrogen-bond acceptors (Lipinski definition) is 7. The number of nitrogens with two attached hydrogens (primary N) is 1. The standard InChI is InChI=1S/C34H46ClN7O4/c1-3-24-20-23(21-27(35)31(24)36)22-30(32(43)40-18-16-39(17-19-40)25-8-12-38(2)13-9-25)46-34(45)41-14-10-26(11-15-41)42-29-7-5-4-6-28(29)37-33(42)44/h4-7,20-21,25-26,30H,3,8-19,22,36H2,1-2H3,(H,37,44)/t30-/m1/s1. The Morgan fingerprint density at radius 1 is 0.957 bits per heavy atom. The number of nitrogens with one attached hydrogen (secondary N) is 1. The molecule has 12 heteroatoms. The third kappa shape index (κ3) is 6.91. The zero-order valence-corrected chi connectivity index (χ0v) is 27.7. The van der Waals surface area contributed by atoms with Gasteiger partial charge in [0.05, 0.1) is 21.7 Å². The summed E-state index contributed by atoms with van der Waals surface area (Å²) in [6.07, 6.45) is 2.94. The molecule has 3 saturated heterocycles. The van der Waals surface area contributed by atoms with E-state index in [0.29, 0.717) is 62.2 Å². The molecular formula is C34H46ClN7O4. The molecule has 3 aliphatic rings. The molecule has 0 unspecified atom stereocenters. The normalized spacial score (nSPS) is 19.9. The summed E-state index contributed by atoms with van der Waals surface area (Å²) >= 11 is 6.47. The first kappa shape index (κ1) is 32.4. The number of piperidine rings is 2. The topological polar surface area (TPSA) is 120 Å². The zero-order chi connectivity index (χ0) is 32.4. The van der Waals surface area contributed by atoms with Crippen LogP contribution in [-0.2, 0) is 22.4 Å². The maximum absolute atomic E-state index is 14.0. The van der Waals surface area contributed by atoms with Crippen molar-refractivity contribution in [3.8, 4) is 0 Å². The number of carbonyl (C=O) groups excluding carboxylic acids is 2. The minimum atomic E-state index is -0.985. The Morgan fingerprint density at radius 2 is 1.63 bits per heavy atom. The van der Waals surface area contributed by atoms with Gasteiger partial charge in [-0.3, -0.25) is 14.3 Å². The van der Waals surface area contributed by atoms with Gasteiger partial charge in [0, 0.05) is 57.8 Å². The highest BCUT2D eigenvalue weighted by Gasteiger charge is 2.35. The van der Waals surface area contributed by atoms with Crippen LogP contribution in [0, 0.1) is 0 Å². The number of rotatable bonds is 7. The van der Waals surface area contributed by atoms with Crippen LogP contribution in [0.1, 0.15) is 49.8 Å². The summed E-state index contributed by atoms with van der Waals surface area (Å²) in [6, 6.07) is 11.9. The number of fused-ring (bicyclic) bond motifs is 1. The molecule has 4 heterocycles. The lowest BCUT2D eigenvalue weighted by Gasteiger charge is -2.42. The quantitative estimate of drug-likeness (QED) is 0.374. The summed E-state index contributed by atoms with van der Waals surface area (Å²) < 4.78 is 7.85. The van der Waals surface area contributed by atoms with E-state index >= 15 is 0 Å². The van der Waals surface area contributed by atoms with Gasteiger partial charge in [0.1, 0.15) is 0 Å². The van der Waals surface area contributed by atoms with Crippen molar-refractivity contribution in [3.05, 3.63) is 63.0 Å². The Hall–Kier alpha value is -3.54. The number of carbonyl (C=O) groups is 2. The minimum Gasteiger partial charge on any atom is -0.436 e. The Bertz CT molecular complexity index is 1600. The van der Waals surface area contributed by atoms with Gasteiger partial charge >= 0.3 is 11.8 Å². The van der Waals surface area contributed by atoms with Crippen molar-refractivity contribution in [3.63, 3.8) is 0 Å². The molecule has 46 heavy (non-hydrogen) atoms. The third-order valence-corrected chi connectivity index (χ3v) is 10.5. The highest BCUT2D eigenvalue weighted by Crippen LogP contribution is 2.28. The van der Waals surface area contributed by atoms with Gasteiger partial charge in [-0.25, -0.2) is 9.59 Å². The Labute approximate surface area is 275 Å². The van der Waals surface area contributed by atoms with E-state index in [2.05, 4.69) is 21.8 Å². The summed E-state index contributed by atoms with van der Waals surface area (Å²) in [4.78, 5) is 51.7. The van der Waals surface area contributed by atoms with Gasteiger partial charge in [0.25, 0.3) is 5.91 Å². The lowest BCUT2D eigenvalue weighted by atomic mass is 10.0. The van der Waals surface area contributed by atoms with Crippen LogP contribution < -0.4 is 11.4 Å². The molecule has 0 radical (unpaired) electrons. The zero-order valence-electron chi connectivity index (χ0n) is 26.9. The molecule has 0 bridgehead atoms. The number of H-pyrrole nitrogens is 1. The minimum absolute atomic E-state index is 0.0321. The van der Waals surface area contributed by atoms with Crippen LogP contribution in [0.25, 0.3) is 11.0 Å². The number of hydrogen-bond donors (Lipinski definition) is 2. The van der Waals surface area contributed by atoms with E-state index in [4.69, 9.17) is 22.1 Å².